The van der Waals surface area contributed by atoms with E-state index in [0.29, 0.717) is 0 Å². The van der Waals surface area contributed by atoms with Gasteiger partial charge in [0.2, 0.25) is 0 Å². The molecule has 1 N–H and O–H groups in total. The molecule has 0 radical (unpaired) electrons. The van der Waals surface area contributed by atoms with E-state index in [2.05, 4.69) is 12.2 Å². The van der Waals surface area contributed by atoms with Gasteiger partial charge in [-0.05, 0) is 43.6 Å². The third-order valence-corrected chi connectivity index (χ3v) is 3.71. The van der Waals surface area contributed by atoms with Gasteiger partial charge in [0, 0.05) is 6.54 Å². The van der Waals surface area contributed by atoms with Crippen LogP contribution in [0.25, 0.3) is 0 Å². The van der Waals surface area contributed by atoms with E-state index < -0.39 is 0 Å². The second kappa shape index (κ2) is 2.78. The lowest BCUT2D eigenvalue weighted by Gasteiger charge is -2.21. The SMILES string of the molecule is CCC1CCC2(CCNC2)C1. The van der Waals surface area contributed by atoms with Crippen LogP contribution in [0.15, 0.2) is 0 Å². The van der Waals surface area contributed by atoms with Gasteiger partial charge < -0.3 is 5.32 Å². The van der Waals surface area contributed by atoms with Crippen molar-refractivity contribution >= 4 is 0 Å². The first kappa shape index (κ1) is 7.60. The van der Waals surface area contributed by atoms with Crippen molar-refractivity contribution in [2.75, 3.05) is 13.1 Å². The largest absolute Gasteiger partial charge is 0.316 e. The molecule has 1 spiro atoms. The molecule has 0 aromatic heterocycles. The van der Waals surface area contributed by atoms with Gasteiger partial charge in [-0.25, -0.2) is 0 Å². The minimum absolute atomic E-state index is 0.751. The Labute approximate surface area is 69.6 Å². The second-order valence-electron chi connectivity index (χ2n) is 4.44. The Morgan fingerprint density at radius 3 is 2.91 bits per heavy atom. The molecule has 1 heteroatoms. The smallest absolute Gasteiger partial charge is 0.000839 e. The fraction of sp³-hybridized carbons (Fsp3) is 1.00. The summed E-state index contributed by atoms with van der Waals surface area (Å²) in [5, 5.41) is 3.50. The minimum Gasteiger partial charge on any atom is -0.316 e. The average molecular weight is 153 g/mol. The van der Waals surface area contributed by atoms with Crippen LogP contribution in [0.4, 0.5) is 0 Å². The quantitative estimate of drug-likeness (QED) is 0.609. The lowest BCUT2D eigenvalue weighted by Crippen LogP contribution is -2.20. The molecule has 1 nitrogen and oxygen atoms in total. The zero-order valence-electron chi connectivity index (χ0n) is 7.53. The molecule has 1 aliphatic heterocycles. The van der Waals surface area contributed by atoms with E-state index in [4.69, 9.17) is 0 Å². The first-order valence-electron chi connectivity index (χ1n) is 5.05. The molecule has 2 aliphatic rings. The molecule has 0 bridgehead atoms. The molecule has 2 rings (SSSR count). The van der Waals surface area contributed by atoms with Gasteiger partial charge in [-0.1, -0.05) is 13.3 Å². The van der Waals surface area contributed by atoms with Crippen molar-refractivity contribution in [3.63, 3.8) is 0 Å². The van der Waals surface area contributed by atoms with E-state index in [1.165, 1.54) is 45.2 Å². The Morgan fingerprint density at radius 1 is 1.45 bits per heavy atom. The number of nitrogens with one attached hydrogen (secondary N) is 1. The molecular weight excluding hydrogens is 134 g/mol. The van der Waals surface area contributed by atoms with Crippen LogP contribution < -0.4 is 5.32 Å². The summed E-state index contributed by atoms with van der Waals surface area (Å²) < 4.78 is 0. The summed E-state index contributed by atoms with van der Waals surface area (Å²) in [5.41, 5.74) is 0.751. The van der Waals surface area contributed by atoms with Crippen LogP contribution >= 0.6 is 0 Å². The molecule has 1 saturated heterocycles. The average Bonchev–Trinajstić information content (AvgIpc) is 2.62. The summed E-state index contributed by atoms with van der Waals surface area (Å²) in [6, 6.07) is 0. The molecule has 0 amide bonds. The second-order valence-corrected chi connectivity index (χ2v) is 4.44. The maximum Gasteiger partial charge on any atom is 0.000839 e. The summed E-state index contributed by atoms with van der Waals surface area (Å²) in [4.78, 5) is 0. The van der Waals surface area contributed by atoms with Crippen molar-refractivity contribution in [3.8, 4) is 0 Å². The molecular formula is C10H19N. The van der Waals surface area contributed by atoms with Crippen molar-refractivity contribution in [2.24, 2.45) is 11.3 Å². The van der Waals surface area contributed by atoms with Gasteiger partial charge >= 0.3 is 0 Å². The lowest BCUT2D eigenvalue weighted by molar-refractivity contribution is 0.317. The van der Waals surface area contributed by atoms with E-state index in [0.717, 1.165) is 11.3 Å². The molecule has 0 aromatic rings. The Kier molecular flexibility index (Phi) is 1.92. The first-order valence-corrected chi connectivity index (χ1v) is 5.05. The van der Waals surface area contributed by atoms with E-state index in [9.17, 15) is 0 Å². The summed E-state index contributed by atoms with van der Waals surface area (Å²) in [6.45, 7) is 4.92. The standard InChI is InChI=1S/C10H19N/c1-2-9-3-4-10(7-9)5-6-11-8-10/h9,11H,2-8H2,1H3. The monoisotopic (exact) mass is 153 g/mol. The molecule has 11 heavy (non-hydrogen) atoms. The molecule has 2 unspecified atom stereocenters. The van der Waals surface area contributed by atoms with Gasteiger partial charge in [-0.2, -0.15) is 0 Å². The topological polar surface area (TPSA) is 12.0 Å². The van der Waals surface area contributed by atoms with Gasteiger partial charge in [0.1, 0.15) is 0 Å². The van der Waals surface area contributed by atoms with Gasteiger partial charge in [0.05, 0.1) is 0 Å². The summed E-state index contributed by atoms with van der Waals surface area (Å²) in [6.07, 6.45) is 7.36. The van der Waals surface area contributed by atoms with Crippen LogP contribution in [0.3, 0.4) is 0 Å². The molecule has 1 saturated carbocycles. The van der Waals surface area contributed by atoms with E-state index in [-0.39, 0.29) is 0 Å². The third-order valence-electron chi connectivity index (χ3n) is 3.71. The highest BCUT2D eigenvalue weighted by molar-refractivity contribution is 4.94. The van der Waals surface area contributed by atoms with Crippen LogP contribution in [-0.2, 0) is 0 Å². The summed E-state index contributed by atoms with van der Waals surface area (Å²) in [7, 11) is 0. The van der Waals surface area contributed by atoms with Crippen molar-refractivity contribution in [3.05, 3.63) is 0 Å². The predicted octanol–water partition coefficient (Wildman–Crippen LogP) is 2.18. The summed E-state index contributed by atoms with van der Waals surface area (Å²) >= 11 is 0. The van der Waals surface area contributed by atoms with Crippen molar-refractivity contribution < 1.29 is 0 Å². The normalized spacial score (nSPS) is 43.9. The Morgan fingerprint density at radius 2 is 2.36 bits per heavy atom. The van der Waals surface area contributed by atoms with Crippen LogP contribution in [0, 0.1) is 11.3 Å². The first-order chi connectivity index (χ1) is 5.35. The van der Waals surface area contributed by atoms with Gasteiger partial charge in [-0.15, -0.1) is 0 Å². The fourth-order valence-corrected chi connectivity index (χ4v) is 2.86. The van der Waals surface area contributed by atoms with Gasteiger partial charge in [-0.3, -0.25) is 0 Å². The summed E-state index contributed by atoms with van der Waals surface area (Å²) in [5.74, 6) is 1.05. The van der Waals surface area contributed by atoms with Gasteiger partial charge in [0.15, 0.2) is 0 Å². The molecule has 2 atom stereocenters. The van der Waals surface area contributed by atoms with Gasteiger partial charge in [0.25, 0.3) is 0 Å². The van der Waals surface area contributed by atoms with E-state index >= 15 is 0 Å². The van der Waals surface area contributed by atoms with Crippen molar-refractivity contribution in [2.45, 2.75) is 39.0 Å². The molecule has 64 valence electrons. The van der Waals surface area contributed by atoms with E-state index in [1.54, 1.807) is 0 Å². The van der Waals surface area contributed by atoms with Crippen LogP contribution in [0.5, 0.6) is 0 Å². The number of rotatable bonds is 1. The Bertz CT molecular complexity index is 136. The molecule has 2 fully saturated rings. The fourth-order valence-electron chi connectivity index (χ4n) is 2.86. The molecule has 1 aliphatic carbocycles. The highest BCUT2D eigenvalue weighted by atomic mass is 14.9. The minimum atomic E-state index is 0.751. The predicted molar refractivity (Wildman–Crippen MR) is 47.6 cm³/mol. The van der Waals surface area contributed by atoms with E-state index in [1.807, 2.05) is 0 Å². The number of hydrogen-bond donors (Lipinski definition) is 1. The maximum absolute atomic E-state index is 3.50. The lowest BCUT2D eigenvalue weighted by atomic mass is 9.84. The van der Waals surface area contributed by atoms with Crippen LogP contribution in [0.1, 0.15) is 39.0 Å². The highest BCUT2D eigenvalue weighted by Gasteiger charge is 2.40. The highest BCUT2D eigenvalue weighted by Crippen LogP contribution is 2.46. The molecule has 1 heterocycles. The van der Waals surface area contributed by atoms with Crippen molar-refractivity contribution in [1.82, 2.24) is 5.32 Å². The zero-order chi connectivity index (χ0) is 7.73. The van der Waals surface area contributed by atoms with Crippen LogP contribution in [0.2, 0.25) is 0 Å². The van der Waals surface area contributed by atoms with Crippen LogP contribution in [-0.4, -0.2) is 13.1 Å². The van der Waals surface area contributed by atoms with Crippen molar-refractivity contribution in [1.29, 1.82) is 0 Å². The number of hydrogen-bond acceptors (Lipinski definition) is 1. The maximum atomic E-state index is 3.50. The molecule has 0 aromatic carbocycles. The zero-order valence-corrected chi connectivity index (χ0v) is 7.53. The Balaban J connectivity index is 1.96. The Hall–Kier alpha value is -0.0400. The third kappa shape index (κ3) is 1.31.